The van der Waals surface area contributed by atoms with E-state index >= 15 is 0 Å². The molecular weight excluding hydrogens is 262 g/mol. The number of carbonyl (C=O) groups excluding carboxylic acids is 1. The van der Waals surface area contributed by atoms with Gasteiger partial charge in [0.1, 0.15) is 0 Å². The van der Waals surface area contributed by atoms with Gasteiger partial charge in [-0.15, -0.1) is 0 Å². The molecule has 0 aromatic carbocycles. The van der Waals surface area contributed by atoms with E-state index in [0.717, 1.165) is 25.0 Å². The minimum absolute atomic E-state index is 0.00617. The van der Waals surface area contributed by atoms with Gasteiger partial charge >= 0.3 is 0 Å². The van der Waals surface area contributed by atoms with E-state index in [4.69, 9.17) is 0 Å². The molecule has 1 aliphatic heterocycles. The highest BCUT2D eigenvalue weighted by molar-refractivity contribution is 5.77. The standard InChI is InChI=1S/C17H29N3O/c1-12-8-7-11-17(4,5)20(12)16(21)10-9-15-13(2)18-19(6)14(15)3/h12H,7-11H2,1-6H3. The molecule has 2 rings (SSSR count). The molecule has 0 radical (unpaired) electrons. The normalized spacial score (nSPS) is 21.6. The predicted octanol–water partition coefficient (Wildman–Crippen LogP) is 3.15. The molecular formula is C17H29N3O. The fourth-order valence-corrected chi connectivity index (χ4v) is 3.79. The summed E-state index contributed by atoms with van der Waals surface area (Å²) in [4.78, 5) is 14.8. The third-order valence-electron chi connectivity index (χ3n) is 5.02. The lowest BCUT2D eigenvalue weighted by Gasteiger charge is -2.47. The van der Waals surface area contributed by atoms with E-state index in [-0.39, 0.29) is 11.4 Å². The zero-order valence-corrected chi connectivity index (χ0v) is 14.4. The lowest BCUT2D eigenvalue weighted by Crippen LogP contribution is -2.55. The number of likely N-dealkylation sites (tertiary alicyclic amines) is 1. The average molecular weight is 291 g/mol. The summed E-state index contributed by atoms with van der Waals surface area (Å²) in [6, 6.07) is 0.359. The lowest BCUT2D eigenvalue weighted by atomic mass is 9.86. The summed E-state index contributed by atoms with van der Waals surface area (Å²) in [6.45, 7) is 10.7. The Kier molecular flexibility index (Phi) is 4.45. The van der Waals surface area contributed by atoms with Crippen molar-refractivity contribution in [2.45, 2.75) is 78.3 Å². The molecule has 2 heterocycles. The van der Waals surface area contributed by atoms with Gasteiger partial charge in [-0.05, 0) is 65.9 Å². The first-order valence-electron chi connectivity index (χ1n) is 8.05. The summed E-state index contributed by atoms with van der Waals surface area (Å²) in [5, 5.41) is 4.44. The van der Waals surface area contributed by atoms with Crippen molar-refractivity contribution in [1.29, 1.82) is 0 Å². The fraction of sp³-hybridized carbons (Fsp3) is 0.765. The maximum absolute atomic E-state index is 12.7. The molecule has 0 spiro atoms. The Morgan fingerprint density at radius 3 is 2.57 bits per heavy atom. The van der Waals surface area contributed by atoms with E-state index in [0.29, 0.717) is 12.5 Å². The molecule has 1 unspecified atom stereocenters. The van der Waals surface area contributed by atoms with Gasteiger partial charge < -0.3 is 4.90 Å². The Morgan fingerprint density at radius 1 is 1.38 bits per heavy atom. The van der Waals surface area contributed by atoms with Crippen molar-refractivity contribution >= 4 is 5.91 Å². The molecule has 21 heavy (non-hydrogen) atoms. The Bertz CT molecular complexity index is 530. The van der Waals surface area contributed by atoms with Gasteiger partial charge in [-0.1, -0.05) is 0 Å². The summed E-state index contributed by atoms with van der Waals surface area (Å²) < 4.78 is 1.91. The predicted molar refractivity (Wildman–Crippen MR) is 85.2 cm³/mol. The molecule has 0 aliphatic carbocycles. The van der Waals surface area contributed by atoms with Crippen molar-refractivity contribution in [3.63, 3.8) is 0 Å². The van der Waals surface area contributed by atoms with Crippen LogP contribution in [-0.4, -0.2) is 32.2 Å². The van der Waals surface area contributed by atoms with Gasteiger partial charge in [0.25, 0.3) is 0 Å². The summed E-state index contributed by atoms with van der Waals surface area (Å²) >= 11 is 0. The second kappa shape index (κ2) is 5.82. The number of aryl methyl sites for hydroxylation is 2. The Balaban J connectivity index is 2.07. The summed E-state index contributed by atoms with van der Waals surface area (Å²) in [6.07, 6.45) is 4.83. The van der Waals surface area contributed by atoms with Gasteiger partial charge in [-0.3, -0.25) is 9.48 Å². The van der Waals surface area contributed by atoms with E-state index < -0.39 is 0 Å². The first-order chi connectivity index (χ1) is 9.74. The van der Waals surface area contributed by atoms with Crippen LogP contribution in [0.2, 0.25) is 0 Å². The molecule has 1 fully saturated rings. The third-order valence-corrected chi connectivity index (χ3v) is 5.02. The van der Waals surface area contributed by atoms with E-state index in [1.807, 2.05) is 18.7 Å². The minimum Gasteiger partial charge on any atom is -0.335 e. The SMILES string of the molecule is Cc1nn(C)c(C)c1CCC(=O)N1C(C)CCCC1(C)C. The van der Waals surface area contributed by atoms with Gasteiger partial charge in [0.15, 0.2) is 0 Å². The van der Waals surface area contributed by atoms with Crippen LogP contribution in [-0.2, 0) is 18.3 Å². The van der Waals surface area contributed by atoms with Crippen molar-refractivity contribution in [3.8, 4) is 0 Å². The van der Waals surface area contributed by atoms with Crippen LogP contribution >= 0.6 is 0 Å². The zero-order chi connectivity index (χ0) is 15.8. The molecule has 0 saturated carbocycles. The molecule has 0 N–H and O–H groups in total. The van der Waals surface area contributed by atoms with Crippen LogP contribution in [0.5, 0.6) is 0 Å². The van der Waals surface area contributed by atoms with E-state index in [1.54, 1.807) is 0 Å². The molecule has 0 bridgehead atoms. The first-order valence-corrected chi connectivity index (χ1v) is 8.05. The van der Waals surface area contributed by atoms with Crippen molar-refractivity contribution in [2.24, 2.45) is 7.05 Å². The molecule has 1 aromatic heterocycles. The largest absolute Gasteiger partial charge is 0.335 e. The van der Waals surface area contributed by atoms with E-state index in [1.165, 1.54) is 17.7 Å². The Hall–Kier alpha value is -1.32. The van der Waals surface area contributed by atoms with Gasteiger partial charge in [0.2, 0.25) is 5.91 Å². The number of amides is 1. The highest BCUT2D eigenvalue weighted by atomic mass is 16.2. The van der Waals surface area contributed by atoms with Crippen LogP contribution in [0, 0.1) is 13.8 Å². The number of aromatic nitrogens is 2. The first kappa shape index (κ1) is 16.1. The quantitative estimate of drug-likeness (QED) is 0.858. The zero-order valence-electron chi connectivity index (χ0n) is 14.4. The van der Waals surface area contributed by atoms with Crippen molar-refractivity contribution in [1.82, 2.24) is 14.7 Å². The molecule has 1 amide bonds. The molecule has 1 saturated heterocycles. The van der Waals surface area contributed by atoms with Crippen LogP contribution in [0.15, 0.2) is 0 Å². The fourth-order valence-electron chi connectivity index (χ4n) is 3.79. The van der Waals surface area contributed by atoms with Crippen LogP contribution < -0.4 is 0 Å². The second-order valence-corrected chi connectivity index (χ2v) is 7.09. The van der Waals surface area contributed by atoms with Crippen LogP contribution in [0.4, 0.5) is 0 Å². The van der Waals surface area contributed by atoms with Crippen molar-refractivity contribution in [2.75, 3.05) is 0 Å². The number of hydrogen-bond donors (Lipinski definition) is 0. The lowest BCUT2D eigenvalue weighted by molar-refractivity contribution is -0.142. The number of piperidine rings is 1. The van der Waals surface area contributed by atoms with Crippen LogP contribution in [0.25, 0.3) is 0 Å². The molecule has 118 valence electrons. The number of rotatable bonds is 3. The molecule has 1 atom stereocenters. The molecule has 4 heteroatoms. The van der Waals surface area contributed by atoms with E-state index in [9.17, 15) is 4.79 Å². The Labute approximate surface area is 128 Å². The van der Waals surface area contributed by atoms with Crippen molar-refractivity contribution in [3.05, 3.63) is 17.0 Å². The number of nitrogens with zero attached hydrogens (tertiary/aromatic N) is 3. The second-order valence-electron chi connectivity index (χ2n) is 7.09. The third kappa shape index (κ3) is 3.14. The smallest absolute Gasteiger partial charge is 0.223 e. The van der Waals surface area contributed by atoms with Gasteiger partial charge in [-0.25, -0.2) is 0 Å². The summed E-state index contributed by atoms with van der Waals surface area (Å²) in [7, 11) is 1.96. The van der Waals surface area contributed by atoms with Crippen molar-refractivity contribution < 1.29 is 4.79 Å². The number of carbonyl (C=O) groups is 1. The number of hydrogen-bond acceptors (Lipinski definition) is 2. The van der Waals surface area contributed by atoms with Crippen LogP contribution in [0.3, 0.4) is 0 Å². The van der Waals surface area contributed by atoms with Gasteiger partial charge in [-0.2, -0.15) is 5.10 Å². The molecule has 4 nitrogen and oxygen atoms in total. The van der Waals surface area contributed by atoms with E-state index in [2.05, 4.69) is 37.7 Å². The van der Waals surface area contributed by atoms with Gasteiger partial charge in [0.05, 0.1) is 5.69 Å². The topological polar surface area (TPSA) is 38.1 Å². The highest BCUT2D eigenvalue weighted by Gasteiger charge is 2.37. The highest BCUT2D eigenvalue weighted by Crippen LogP contribution is 2.32. The monoisotopic (exact) mass is 291 g/mol. The Morgan fingerprint density at radius 2 is 2.05 bits per heavy atom. The maximum atomic E-state index is 12.7. The molecule has 1 aromatic rings. The van der Waals surface area contributed by atoms with Crippen LogP contribution in [0.1, 0.15) is 63.4 Å². The molecule has 1 aliphatic rings. The summed E-state index contributed by atoms with van der Waals surface area (Å²) in [5.74, 6) is 0.287. The average Bonchev–Trinajstić information content (AvgIpc) is 2.60. The van der Waals surface area contributed by atoms with Gasteiger partial charge in [0, 0.05) is 30.7 Å². The minimum atomic E-state index is -0.00617. The summed E-state index contributed by atoms with van der Waals surface area (Å²) in [5.41, 5.74) is 3.45. The maximum Gasteiger partial charge on any atom is 0.223 e.